The number of ether oxygens (including phenoxy) is 2. The fourth-order valence-electron chi connectivity index (χ4n) is 2.70. The van der Waals surface area contributed by atoms with Crippen LogP contribution in [0, 0.1) is 11.8 Å². The molecule has 0 spiro atoms. The maximum absolute atomic E-state index is 5.86. The Hall–Kier alpha value is -0.120. The average Bonchev–Trinajstić information content (AvgIpc) is 2.68. The van der Waals surface area contributed by atoms with Crippen LogP contribution in [0.4, 0.5) is 0 Å². The third kappa shape index (κ3) is 2.27. The lowest BCUT2D eigenvalue weighted by Crippen LogP contribution is -2.35. The van der Waals surface area contributed by atoms with Crippen molar-refractivity contribution in [2.75, 3.05) is 33.4 Å². The van der Waals surface area contributed by atoms with Crippen molar-refractivity contribution >= 4 is 0 Å². The van der Waals surface area contributed by atoms with Crippen molar-refractivity contribution in [3.05, 3.63) is 0 Å². The lowest BCUT2D eigenvalue weighted by molar-refractivity contribution is -0.0185. The van der Waals surface area contributed by atoms with E-state index in [0.29, 0.717) is 6.10 Å². The Morgan fingerprint density at radius 1 is 1.14 bits per heavy atom. The first-order valence-electron chi connectivity index (χ1n) is 5.75. The number of nitrogens with one attached hydrogen (secondary N) is 1. The highest BCUT2D eigenvalue weighted by molar-refractivity contribution is 4.84. The van der Waals surface area contributed by atoms with Gasteiger partial charge in [0.05, 0.1) is 6.10 Å². The first kappa shape index (κ1) is 10.4. The highest BCUT2D eigenvalue weighted by Gasteiger charge is 2.34. The van der Waals surface area contributed by atoms with Crippen LogP contribution in [-0.2, 0) is 9.47 Å². The van der Waals surface area contributed by atoms with Gasteiger partial charge in [-0.1, -0.05) is 0 Å². The lowest BCUT2D eigenvalue weighted by atomic mass is 9.86. The molecule has 82 valence electrons. The molecule has 2 heterocycles. The van der Waals surface area contributed by atoms with Gasteiger partial charge in [-0.25, -0.2) is 0 Å². The Kier molecular flexibility index (Phi) is 3.79. The van der Waals surface area contributed by atoms with E-state index in [4.69, 9.17) is 9.47 Å². The van der Waals surface area contributed by atoms with Gasteiger partial charge in [0.2, 0.25) is 0 Å². The number of hydrogen-bond donors (Lipinski definition) is 1. The zero-order chi connectivity index (χ0) is 9.80. The third-order valence-electron chi connectivity index (χ3n) is 3.46. The van der Waals surface area contributed by atoms with Crippen LogP contribution >= 0.6 is 0 Å². The molecule has 0 aromatic rings. The predicted molar refractivity (Wildman–Crippen MR) is 55.3 cm³/mol. The quantitative estimate of drug-likeness (QED) is 0.736. The molecule has 2 rings (SSSR count). The fourth-order valence-corrected chi connectivity index (χ4v) is 2.70. The molecule has 2 aliphatic rings. The molecule has 2 unspecified atom stereocenters. The molecule has 3 heteroatoms. The van der Waals surface area contributed by atoms with Crippen LogP contribution in [0.1, 0.15) is 19.3 Å². The van der Waals surface area contributed by atoms with Crippen LogP contribution in [0.3, 0.4) is 0 Å². The largest absolute Gasteiger partial charge is 0.381 e. The van der Waals surface area contributed by atoms with E-state index in [2.05, 4.69) is 5.32 Å². The summed E-state index contributed by atoms with van der Waals surface area (Å²) in [6.07, 6.45) is 4.09. The maximum Gasteiger partial charge on any atom is 0.0646 e. The lowest BCUT2D eigenvalue weighted by Gasteiger charge is -2.30. The second-order valence-corrected chi connectivity index (χ2v) is 4.39. The summed E-state index contributed by atoms with van der Waals surface area (Å²) in [5, 5.41) is 3.27. The number of hydrogen-bond acceptors (Lipinski definition) is 3. The molecule has 14 heavy (non-hydrogen) atoms. The van der Waals surface area contributed by atoms with E-state index in [1.165, 1.54) is 19.3 Å². The molecule has 2 saturated heterocycles. The van der Waals surface area contributed by atoms with E-state index < -0.39 is 0 Å². The van der Waals surface area contributed by atoms with Crippen LogP contribution < -0.4 is 5.32 Å². The maximum atomic E-state index is 5.86. The van der Waals surface area contributed by atoms with Crippen molar-refractivity contribution < 1.29 is 9.47 Å². The van der Waals surface area contributed by atoms with Crippen LogP contribution in [0.25, 0.3) is 0 Å². The van der Waals surface area contributed by atoms with Gasteiger partial charge in [0, 0.05) is 26.4 Å². The normalized spacial score (nSPS) is 34.9. The monoisotopic (exact) mass is 199 g/mol. The SMILES string of the molecule is CNCC1CCOC1C1CCOCC1. The minimum Gasteiger partial charge on any atom is -0.381 e. The van der Waals surface area contributed by atoms with Crippen molar-refractivity contribution in [1.82, 2.24) is 5.32 Å². The zero-order valence-electron chi connectivity index (χ0n) is 9.00. The Bertz CT molecular complexity index is 169. The van der Waals surface area contributed by atoms with Crippen LogP contribution in [0.2, 0.25) is 0 Å². The summed E-state index contributed by atoms with van der Waals surface area (Å²) in [5.41, 5.74) is 0. The molecule has 2 atom stereocenters. The molecule has 0 radical (unpaired) electrons. The second-order valence-electron chi connectivity index (χ2n) is 4.39. The standard InChI is InChI=1S/C11H21NO2/c1-12-8-10-4-7-14-11(10)9-2-5-13-6-3-9/h9-12H,2-8H2,1H3. The second kappa shape index (κ2) is 5.10. The fraction of sp³-hybridized carbons (Fsp3) is 1.00. The van der Waals surface area contributed by atoms with E-state index >= 15 is 0 Å². The summed E-state index contributed by atoms with van der Waals surface area (Å²) in [6, 6.07) is 0. The Morgan fingerprint density at radius 2 is 1.93 bits per heavy atom. The molecule has 3 nitrogen and oxygen atoms in total. The van der Waals surface area contributed by atoms with Gasteiger partial charge in [0.25, 0.3) is 0 Å². The molecule has 0 aliphatic carbocycles. The van der Waals surface area contributed by atoms with Gasteiger partial charge in [0.15, 0.2) is 0 Å². The first-order valence-corrected chi connectivity index (χ1v) is 5.75. The van der Waals surface area contributed by atoms with E-state index in [9.17, 15) is 0 Å². The zero-order valence-corrected chi connectivity index (χ0v) is 9.00. The van der Waals surface area contributed by atoms with Crippen molar-refractivity contribution in [3.63, 3.8) is 0 Å². The van der Waals surface area contributed by atoms with Crippen molar-refractivity contribution in [1.29, 1.82) is 0 Å². The molecular weight excluding hydrogens is 178 g/mol. The summed E-state index contributed by atoms with van der Waals surface area (Å²) in [7, 11) is 2.03. The van der Waals surface area contributed by atoms with Crippen LogP contribution in [0.15, 0.2) is 0 Å². The molecule has 0 aromatic carbocycles. The minimum absolute atomic E-state index is 0.492. The minimum atomic E-state index is 0.492. The Morgan fingerprint density at radius 3 is 2.64 bits per heavy atom. The van der Waals surface area contributed by atoms with Gasteiger partial charge in [-0.15, -0.1) is 0 Å². The third-order valence-corrected chi connectivity index (χ3v) is 3.46. The van der Waals surface area contributed by atoms with Crippen LogP contribution in [0.5, 0.6) is 0 Å². The van der Waals surface area contributed by atoms with Gasteiger partial charge in [-0.2, -0.15) is 0 Å². The predicted octanol–water partition coefficient (Wildman–Crippen LogP) is 1.04. The van der Waals surface area contributed by atoms with E-state index in [0.717, 1.165) is 38.2 Å². The van der Waals surface area contributed by atoms with E-state index in [1.807, 2.05) is 7.05 Å². The molecule has 2 fully saturated rings. The summed E-state index contributed by atoms with van der Waals surface area (Å²) < 4.78 is 11.2. The summed E-state index contributed by atoms with van der Waals surface area (Å²) >= 11 is 0. The van der Waals surface area contributed by atoms with Crippen LogP contribution in [-0.4, -0.2) is 39.5 Å². The van der Waals surface area contributed by atoms with Gasteiger partial charge in [-0.05, 0) is 38.1 Å². The van der Waals surface area contributed by atoms with Gasteiger partial charge >= 0.3 is 0 Å². The molecule has 2 aliphatic heterocycles. The molecule has 0 saturated carbocycles. The summed E-state index contributed by atoms with van der Waals surface area (Å²) in [4.78, 5) is 0. The average molecular weight is 199 g/mol. The number of rotatable bonds is 3. The first-order chi connectivity index (χ1) is 6.92. The topological polar surface area (TPSA) is 30.5 Å². The Balaban J connectivity index is 1.87. The van der Waals surface area contributed by atoms with Crippen molar-refractivity contribution in [2.24, 2.45) is 11.8 Å². The molecule has 0 aromatic heterocycles. The highest BCUT2D eigenvalue weighted by atomic mass is 16.5. The van der Waals surface area contributed by atoms with Gasteiger partial charge in [-0.3, -0.25) is 0 Å². The summed E-state index contributed by atoms with van der Waals surface area (Å²) in [5.74, 6) is 1.47. The summed E-state index contributed by atoms with van der Waals surface area (Å²) in [6.45, 7) is 3.91. The molecular formula is C11H21NO2. The van der Waals surface area contributed by atoms with E-state index in [1.54, 1.807) is 0 Å². The van der Waals surface area contributed by atoms with Gasteiger partial charge in [0.1, 0.15) is 0 Å². The Labute approximate surface area is 86.2 Å². The van der Waals surface area contributed by atoms with Crippen molar-refractivity contribution in [3.8, 4) is 0 Å². The van der Waals surface area contributed by atoms with Gasteiger partial charge < -0.3 is 14.8 Å². The molecule has 1 N–H and O–H groups in total. The smallest absolute Gasteiger partial charge is 0.0646 e. The molecule has 0 amide bonds. The molecule has 0 bridgehead atoms. The highest BCUT2D eigenvalue weighted by Crippen LogP contribution is 2.31. The van der Waals surface area contributed by atoms with Crippen molar-refractivity contribution in [2.45, 2.75) is 25.4 Å². The van der Waals surface area contributed by atoms with E-state index in [-0.39, 0.29) is 0 Å².